The Labute approximate surface area is 124 Å². The van der Waals surface area contributed by atoms with Gasteiger partial charge in [0.05, 0.1) is 0 Å². The standard InChI is InChI=1S/C16H21FN2O2/c1-3-16(2)15(21)19(11-9-14(20)18-16)10-8-12-4-6-13(17)7-5-12/h4-7H,3,8-11H2,1-2H3,(H,18,20). The summed E-state index contributed by atoms with van der Waals surface area (Å²) in [5.74, 6) is -0.395. The van der Waals surface area contributed by atoms with E-state index in [1.54, 1.807) is 24.0 Å². The van der Waals surface area contributed by atoms with Gasteiger partial charge in [-0.1, -0.05) is 19.1 Å². The molecule has 21 heavy (non-hydrogen) atoms. The van der Waals surface area contributed by atoms with Gasteiger partial charge in [0, 0.05) is 19.5 Å². The van der Waals surface area contributed by atoms with E-state index in [1.807, 2.05) is 6.92 Å². The molecule has 0 bridgehead atoms. The minimum Gasteiger partial charge on any atom is -0.342 e. The van der Waals surface area contributed by atoms with Crippen LogP contribution in [-0.2, 0) is 16.0 Å². The molecule has 1 unspecified atom stereocenters. The predicted octanol–water partition coefficient (Wildman–Crippen LogP) is 1.89. The van der Waals surface area contributed by atoms with Gasteiger partial charge in [0.25, 0.3) is 0 Å². The topological polar surface area (TPSA) is 49.4 Å². The smallest absolute Gasteiger partial charge is 0.248 e. The number of carbonyl (C=O) groups excluding carboxylic acids is 2. The maximum absolute atomic E-state index is 12.9. The zero-order valence-electron chi connectivity index (χ0n) is 12.5. The number of hydrogen-bond acceptors (Lipinski definition) is 2. The van der Waals surface area contributed by atoms with E-state index in [2.05, 4.69) is 5.32 Å². The second kappa shape index (κ2) is 6.24. The summed E-state index contributed by atoms with van der Waals surface area (Å²) in [5, 5.41) is 2.81. The van der Waals surface area contributed by atoms with Crippen LogP contribution in [0.2, 0.25) is 0 Å². The Hall–Kier alpha value is -1.91. The minimum absolute atomic E-state index is 0.0436. The molecule has 114 valence electrons. The van der Waals surface area contributed by atoms with Gasteiger partial charge < -0.3 is 10.2 Å². The average molecular weight is 292 g/mol. The zero-order chi connectivity index (χ0) is 15.5. The number of rotatable bonds is 4. The molecule has 1 heterocycles. The second-order valence-electron chi connectivity index (χ2n) is 5.65. The molecule has 1 N–H and O–H groups in total. The first-order valence-corrected chi connectivity index (χ1v) is 7.29. The molecule has 1 fully saturated rings. The van der Waals surface area contributed by atoms with Gasteiger partial charge in [-0.15, -0.1) is 0 Å². The maximum Gasteiger partial charge on any atom is 0.248 e. The van der Waals surface area contributed by atoms with Crippen LogP contribution in [0.5, 0.6) is 0 Å². The molecular weight excluding hydrogens is 271 g/mol. The summed E-state index contributed by atoms with van der Waals surface area (Å²) in [4.78, 5) is 26.0. The van der Waals surface area contributed by atoms with E-state index in [4.69, 9.17) is 0 Å². The lowest BCUT2D eigenvalue weighted by Gasteiger charge is -2.31. The van der Waals surface area contributed by atoms with Crippen molar-refractivity contribution in [1.29, 1.82) is 0 Å². The number of benzene rings is 1. The summed E-state index contributed by atoms with van der Waals surface area (Å²) in [7, 11) is 0. The summed E-state index contributed by atoms with van der Waals surface area (Å²) in [5.41, 5.74) is 0.155. The molecule has 5 heteroatoms. The van der Waals surface area contributed by atoms with Gasteiger partial charge in [-0.3, -0.25) is 9.59 Å². The lowest BCUT2D eigenvalue weighted by Crippen LogP contribution is -2.54. The third-order valence-electron chi connectivity index (χ3n) is 4.07. The molecule has 0 aromatic heterocycles. The number of nitrogens with one attached hydrogen (secondary N) is 1. The van der Waals surface area contributed by atoms with Gasteiger partial charge in [-0.05, 0) is 37.5 Å². The predicted molar refractivity (Wildman–Crippen MR) is 78.1 cm³/mol. The third-order valence-corrected chi connectivity index (χ3v) is 4.07. The van der Waals surface area contributed by atoms with Crippen molar-refractivity contribution in [3.05, 3.63) is 35.6 Å². The highest BCUT2D eigenvalue weighted by Gasteiger charge is 2.38. The van der Waals surface area contributed by atoms with Crippen molar-refractivity contribution in [2.75, 3.05) is 13.1 Å². The quantitative estimate of drug-likeness (QED) is 0.921. The number of nitrogens with zero attached hydrogens (tertiary/aromatic N) is 1. The Kier molecular flexibility index (Phi) is 4.60. The van der Waals surface area contributed by atoms with Crippen LogP contribution < -0.4 is 5.32 Å². The summed E-state index contributed by atoms with van der Waals surface area (Å²) >= 11 is 0. The van der Waals surface area contributed by atoms with Crippen molar-refractivity contribution in [3.63, 3.8) is 0 Å². The molecule has 1 aliphatic heterocycles. The van der Waals surface area contributed by atoms with Crippen molar-refractivity contribution in [3.8, 4) is 0 Å². The fraction of sp³-hybridized carbons (Fsp3) is 0.500. The van der Waals surface area contributed by atoms with Gasteiger partial charge >= 0.3 is 0 Å². The highest BCUT2D eigenvalue weighted by atomic mass is 19.1. The van der Waals surface area contributed by atoms with Crippen LogP contribution in [-0.4, -0.2) is 35.3 Å². The van der Waals surface area contributed by atoms with Gasteiger partial charge in [0.1, 0.15) is 11.4 Å². The van der Waals surface area contributed by atoms with Crippen molar-refractivity contribution >= 4 is 11.8 Å². The van der Waals surface area contributed by atoms with E-state index in [9.17, 15) is 14.0 Å². The first-order chi connectivity index (χ1) is 9.94. The van der Waals surface area contributed by atoms with E-state index in [0.29, 0.717) is 32.4 Å². The molecule has 1 aromatic rings. The van der Waals surface area contributed by atoms with Crippen LogP contribution in [0.1, 0.15) is 32.3 Å². The molecular formula is C16H21FN2O2. The molecule has 1 aromatic carbocycles. The Bertz CT molecular complexity index is 530. The van der Waals surface area contributed by atoms with E-state index in [1.165, 1.54) is 12.1 Å². The van der Waals surface area contributed by atoms with Gasteiger partial charge in [0.2, 0.25) is 11.8 Å². The van der Waals surface area contributed by atoms with Crippen molar-refractivity contribution in [2.45, 2.75) is 38.6 Å². The van der Waals surface area contributed by atoms with Crippen LogP contribution in [0.3, 0.4) is 0 Å². The summed E-state index contributed by atoms with van der Waals surface area (Å²) in [6, 6.07) is 6.28. The lowest BCUT2D eigenvalue weighted by molar-refractivity contribution is -0.138. The molecule has 2 amide bonds. The normalized spacial score (nSPS) is 22.9. The number of carbonyl (C=O) groups is 2. The minimum atomic E-state index is -0.823. The van der Waals surface area contributed by atoms with Crippen LogP contribution in [0.4, 0.5) is 4.39 Å². The van der Waals surface area contributed by atoms with Crippen molar-refractivity contribution in [1.82, 2.24) is 10.2 Å². The van der Waals surface area contributed by atoms with Crippen LogP contribution in [0, 0.1) is 5.82 Å². The highest BCUT2D eigenvalue weighted by Crippen LogP contribution is 2.18. The first kappa shape index (κ1) is 15.5. The number of halogens is 1. The highest BCUT2D eigenvalue weighted by molar-refractivity contribution is 5.93. The Balaban J connectivity index is 2.05. The third kappa shape index (κ3) is 3.60. The van der Waals surface area contributed by atoms with Crippen LogP contribution >= 0.6 is 0 Å². The average Bonchev–Trinajstić information content (AvgIpc) is 2.58. The largest absolute Gasteiger partial charge is 0.342 e. The summed E-state index contributed by atoms with van der Waals surface area (Å²) in [6.07, 6.45) is 1.54. The van der Waals surface area contributed by atoms with Crippen molar-refractivity contribution < 1.29 is 14.0 Å². The molecule has 2 rings (SSSR count). The molecule has 0 saturated carbocycles. The monoisotopic (exact) mass is 292 g/mol. The molecule has 4 nitrogen and oxygen atoms in total. The molecule has 1 atom stereocenters. The van der Waals surface area contributed by atoms with E-state index in [0.717, 1.165) is 5.56 Å². The van der Waals surface area contributed by atoms with Crippen LogP contribution in [0.25, 0.3) is 0 Å². The molecule has 0 aliphatic carbocycles. The molecule has 1 saturated heterocycles. The summed E-state index contributed by atoms with van der Waals surface area (Å²) in [6.45, 7) is 4.63. The fourth-order valence-corrected chi connectivity index (χ4v) is 2.48. The first-order valence-electron chi connectivity index (χ1n) is 7.29. The van der Waals surface area contributed by atoms with Gasteiger partial charge in [0.15, 0.2) is 0 Å². The Morgan fingerprint density at radius 1 is 1.29 bits per heavy atom. The van der Waals surface area contributed by atoms with Crippen LogP contribution in [0.15, 0.2) is 24.3 Å². The van der Waals surface area contributed by atoms with E-state index < -0.39 is 5.54 Å². The Morgan fingerprint density at radius 3 is 2.57 bits per heavy atom. The SMILES string of the molecule is CCC1(C)NC(=O)CCN(CCc2ccc(F)cc2)C1=O. The molecule has 0 spiro atoms. The Morgan fingerprint density at radius 2 is 1.95 bits per heavy atom. The fourth-order valence-electron chi connectivity index (χ4n) is 2.48. The van der Waals surface area contributed by atoms with Gasteiger partial charge in [-0.25, -0.2) is 4.39 Å². The van der Waals surface area contributed by atoms with Crippen molar-refractivity contribution in [2.24, 2.45) is 0 Å². The number of amides is 2. The molecule has 0 radical (unpaired) electrons. The second-order valence-corrected chi connectivity index (χ2v) is 5.65. The maximum atomic E-state index is 12.9. The van der Waals surface area contributed by atoms with Gasteiger partial charge in [-0.2, -0.15) is 0 Å². The zero-order valence-corrected chi connectivity index (χ0v) is 12.5. The van der Waals surface area contributed by atoms with E-state index >= 15 is 0 Å². The summed E-state index contributed by atoms with van der Waals surface area (Å²) < 4.78 is 12.9. The lowest BCUT2D eigenvalue weighted by atomic mass is 9.97. The van der Waals surface area contributed by atoms with E-state index in [-0.39, 0.29) is 17.6 Å². The molecule has 1 aliphatic rings. The number of hydrogen-bond donors (Lipinski definition) is 1.